The second-order valence-corrected chi connectivity index (χ2v) is 29.8. The number of nitrogens with one attached hydrogen (secondary N) is 2. The molecule has 4 nitrogen and oxygen atoms in total. The van der Waals surface area contributed by atoms with Gasteiger partial charge in [0.2, 0.25) is 0 Å². The molecular weight excluding hydrogens is 1340 g/mol. The molecule has 13 heteroatoms. The van der Waals surface area contributed by atoms with Crippen LogP contribution in [0.5, 0.6) is 0 Å². The van der Waals surface area contributed by atoms with Crippen molar-refractivity contribution in [3.05, 3.63) is 253 Å². The molecule has 0 saturated heterocycles. The predicted molar refractivity (Wildman–Crippen MR) is 348 cm³/mol. The van der Waals surface area contributed by atoms with Gasteiger partial charge in [-0.3, -0.25) is 0 Å². The Kier molecular flexibility index (Phi) is 42.7. The molecule has 0 bridgehead atoms. The first-order chi connectivity index (χ1) is 38.7. The molecule has 0 aliphatic heterocycles. The molecule has 81 heavy (non-hydrogen) atoms. The van der Waals surface area contributed by atoms with E-state index in [0.29, 0.717) is 49.0 Å². The summed E-state index contributed by atoms with van der Waals surface area (Å²) in [5.41, 5.74) is 6.85. The van der Waals surface area contributed by atoms with Gasteiger partial charge in [0, 0.05) is 33.3 Å². The molecule has 0 aromatic heterocycles. The average molecular weight is 1430 g/mol. The number of allylic oxidation sites excluding steroid dienone is 1. The number of aryl methyl sites for hydroxylation is 2. The van der Waals surface area contributed by atoms with Gasteiger partial charge < -0.3 is 19.7 Å². The summed E-state index contributed by atoms with van der Waals surface area (Å²) < 4.78 is 13.1. The van der Waals surface area contributed by atoms with E-state index >= 15 is 0 Å². The van der Waals surface area contributed by atoms with E-state index < -0.39 is 16.3 Å². The molecule has 0 heterocycles. The Labute approximate surface area is 535 Å². The smallest absolute Gasteiger partial charge is 2.00 e. The van der Waals surface area contributed by atoms with Crippen LogP contribution in [0.25, 0.3) is 0 Å². The van der Waals surface area contributed by atoms with E-state index in [0.717, 1.165) is 25.9 Å². The zero-order valence-corrected chi connectivity index (χ0v) is 58.2. The molecule has 0 saturated carbocycles. The molecule has 7 aromatic carbocycles. The van der Waals surface area contributed by atoms with Gasteiger partial charge in [-0.1, -0.05) is 236 Å². The summed E-state index contributed by atoms with van der Waals surface area (Å²) in [6.45, 7) is 25.4. The second kappa shape index (κ2) is 46.2. The molecule has 2 radical (unpaired) electrons. The fraction of sp³-hybridized carbons (Fsp3) is 0.324. The van der Waals surface area contributed by atoms with Crippen LogP contribution < -0.4 is 31.9 Å². The van der Waals surface area contributed by atoms with Gasteiger partial charge in [0.25, 0.3) is 0 Å². The molecule has 0 fully saturated rings. The SMILES string of the molecule is CC(C)C[C@@H](COP(c1ccccc1)c1ccccc1)NC[C-]1[CH][CH]C=C1.CC(C)C[C@@H](COP(c1ccccc1)c1ccccc1)NCc1ccc[cH-]1.Cc1ccc(C(C)C)cc1.Cc1ccc(C(C)C)cc1.[Cl][Ru][Cl].[Cl][Ru][Cl].[Fe+2]. The maximum atomic E-state index is 6.55. The van der Waals surface area contributed by atoms with Crippen molar-refractivity contribution in [1.29, 1.82) is 0 Å². The summed E-state index contributed by atoms with van der Waals surface area (Å²) in [7, 11) is 17.8. The maximum absolute atomic E-state index is 6.55. The minimum absolute atomic E-state index is 0. The van der Waals surface area contributed by atoms with E-state index in [1.54, 1.807) is 0 Å². The standard InChI is InChI=1S/2C24H29NOP.2C10H14.4ClH.Fe.2Ru/c2*1-20(2)17-22(25-18-21-11-9-10-12-21)19-26-27(23-13-5-3-6-14-23)24-15-7-4-8-16-24;2*1-8(2)10-6-4-9(3)5-7-10;;;;;;;/h2*3-16,20,22,25H,17-19H2,1-2H3;2*4-8H,1-3H3;4*1H;;;/q2*-1;;;;;;;3*+2/p-4/t2*22-;;;;;;;;;/m00........./s1. The van der Waals surface area contributed by atoms with Crippen LogP contribution in [0.3, 0.4) is 0 Å². The third kappa shape index (κ3) is 33.4. The summed E-state index contributed by atoms with van der Waals surface area (Å²) in [5.74, 6) is 3.90. The van der Waals surface area contributed by atoms with E-state index in [2.05, 4.69) is 299 Å². The van der Waals surface area contributed by atoms with Gasteiger partial charge in [0.1, 0.15) is 0 Å². The van der Waals surface area contributed by atoms with Gasteiger partial charge in [-0.05, 0) is 74.6 Å². The number of hydrogen-bond acceptors (Lipinski definition) is 4. The molecule has 0 unspecified atom stereocenters. The third-order valence-corrected chi connectivity index (χ3v) is 16.3. The van der Waals surface area contributed by atoms with Crippen molar-refractivity contribution in [3.8, 4) is 0 Å². The Bertz CT molecular complexity index is 2440. The fourth-order valence-electron chi connectivity index (χ4n) is 8.23. The van der Waals surface area contributed by atoms with Crippen LogP contribution in [-0.4, -0.2) is 31.8 Å². The van der Waals surface area contributed by atoms with E-state index in [4.69, 9.17) is 47.8 Å². The van der Waals surface area contributed by atoms with E-state index in [1.165, 1.54) is 55.0 Å². The average Bonchev–Trinajstić information content (AvgIpc) is 4.20. The van der Waals surface area contributed by atoms with Gasteiger partial charge in [-0.2, -0.15) is 17.7 Å². The van der Waals surface area contributed by atoms with Crippen LogP contribution in [-0.2, 0) is 63.0 Å². The van der Waals surface area contributed by atoms with E-state index in [9.17, 15) is 0 Å². The predicted octanol–water partition coefficient (Wildman–Crippen LogP) is 18.6. The Morgan fingerprint density at radius 1 is 0.494 bits per heavy atom. The minimum atomic E-state index is -0.804. The van der Waals surface area contributed by atoms with Crippen molar-refractivity contribution in [1.82, 2.24) is 10.6 Å². The Hall–Kier alpha value is -2.09. The van der Waals surface area contributed by atoms with Gasteiger partial charge in [0.05, 0.1) is 29.5 Å². The quantitative estimate of drug-likeness (QED) is 0.0403. The molecular formula is C68H86Cl4FeN2O2P2Ru2. The zero-order chi connectivity index (χ0) is 58.3. The van der Waals surface area contributed by atoms with Crippen molar-refractivity contribution in [2.75, 3.05) is 19.8 Å². The number of halogens is 4. The summed E-state index contributed by atoms with van der Waals surface area (Å²) >= 11 is -0.691. The topological polar surface area (TPSA) is 42.5 Å². The van der Waals surface area contributed by atoms with E-state index in [1.807, 2.05) is 0 Å². The van der Waals surface area contributed by atoms with Gasteiger partial charge in [-0.25, -0.2) is 30.2 Å². The van der Waals surface area contributed by atoms with Crippen LogP contribution in [0.15, 0.2) is 206 Å². The maximum Gasteiger partial charge on any atom is 2.00 e. The molecule has 2 N–H and O–H groups in total. The van der Waals surface area contributed by atoms with Gasteiger partial charge >= 0.3 is 86.1 Å². The largest absolute Gasteiger partial charge is 2.00 e. The zero-order valence-electron chi connectivity index (χ0n) is 48.8. The molecule has 8 rings (SSSR count). The van der Waals surface area contributed by atoms with Crippen molar-refractivity contribution in [2.24, 2.45) is 11.8 Å². The Morgan fingerprint density at radius 2 is 0.852 bits per heavy atom. The van der Waals surface area contributed by atoms with Crippen molar-refractivity contribution < 1.29 is 56.4 Å². The van der Waals surface area contributed by atoms with E-state index in [-0.39, 0.29) is 47.4 Å². The summed E-state index contributed by atoms with van der Waals surface area (Å²) in [6.07, 6.45) is 10.7. The van der Waals surface area contributed by atoms with Crippen LogP contribution in [0.2, 0.25) is 0 Å². The molecule has 0 amide bonds. The number of rotatable bonds is 22. The first kappa shape index (κ1) is 75.0. The van der Waals surface area contributed by atoms with Crippen molar-refractivity contribution >= 4 is 76.3 Å². The van der Waals surface area contributed by atoms with Crippen molar-refractivity contribution in [3.63, 3.8) is 0 Å². The monoisotopic (exact) mass is 1420 g/mol. The van der Waals surface area contributed by atoms with Crippen LogP contribution in [0.4, 0.5) is 0 Å². The molecule has 0 spiro atoms. The van der Waals surface area contributed by atoms with Gasteiger partial charge in [-0.15, -0.1) is 12.8 Å². The Morgan fingerprint density at radius 3 is 1.15 bits per heavy atom. The summed E-state index contributed by atoms with van der Waals surface area (Å²) in [4.78, 5) is 0. The molecule has 442 valence electrons. The second-order valence-electron chi connectivity index (χ2n) is 20.8. The van der Waals surface area contributed by atoms with Crippen LogP contribution in [0.1, 0.15) is 108 Å². The van der Waals surface area contributed by atoms with Crippen molar-refractivity contribution in [2.45, 2.75) is 113 Å². The molecule has 1 aliphatic carbocycles. The first-order valence-corrected chi connectivity index (χ1v) is 38.9. The van der Waals surface area contributed by atoms with Crippen LogP contribution in [0, 0.1) is 44.4 Å². The first-order valence-electron chi connectivity index (χ1n) is 27.4. The molecule has 2 atom stereocenters. The van der Waals surface area contributed by atoms with Gasteiger partial charge in [0.15, 0.2) is 0 Å². The normalized spacial score (nSPS) is 12.3. The summed E-state index contributed by atoms with van der Waals surface area (Å²) in [6, 6.07) is 69.0. The third-order valence-electron chi connectivity index (χ3n) is 12.4. The fourth-order valence-corrected chi connectivity index (χ4v) is 11.9. The Balaban J connectivity index is 0.000000385. The van der Waals surface area contributed by atoms with Crippen LogP contribution >= 0.6 is 55.1 Å². The molecule has 1 aliphatic rings. The number of hydrogen-bond donors (Lipinski definition) is 2. The minimum Gasteiger partial charge on any atom is 2.00 e. The summed E-state index contributed by atoms with van der Waals surface area (Å²) in [5, 5.41) is 12.4. The number of benzene rings is 6. The molecule has 7 aromatic rings.